The Morgan fingerprint density at radius 1 is 0.366 bits per heavy atom. The second-order valence-corrected chi connectivity index (χ2v) is 11.5. The maximum atomic E-state index is 4.95. The van der Waals surface area contributed by atoms with Crippen LogP contribution >= 0.6 is 11.3 Å². The van der Waals surface area contributed by atoms with E-state index in [1.165, 1.54) is 53.2 Å². The first-order valence-electron chi connectivity index (χ1n) is 13.7. The van der Waals surface area contributed by atoms with E-state index in [0.717, 1.165) is 16.7 Å². The fraction of sp³-hybridized carbons (Fsp3) is 0. The minimum Gasteiger partial charge on any atom is -0.208 e. The fourth-order valence-corrected chi connectivity index (χ4v) is 7.42. The zero-order valence-corrected chi connectivity index (χ0v) is 22.7. The predicted octanol–water partition coefficient (Wildman–Crippen LogP) is 10.0. The summed E-state index contributed by atoms with van der Waals surface area (Å²) >= 11 is 1.84. The van der Waals surface area contributed by atoms with Crippen molar-refractivity contribution in [1.29, 1.82) is 0 Å². The van der Waals surface area contributed by atoms with Crippen LogP contribution in [0.4, 0.5) is 0 Å². The topological polar surface area (TPSA) is 38.7 Å². The maximum absolute atomic E-state index is 4.95. The number of rotatable bonds is 3. The highest BCUT2D eigenvalue weighted by molar-refractivity contribution is 7.26. The summed E-state index contributed by atoms with van der Waals surface area (Å²) in [5, 5.41) is 5.29. The molecule has 2 heterocycles. The van der Waals surface area contributed by atoms with Crippen LogP contribution in [0.3, 0.4) is 0 Å². The van der Waals surface area contributed by atoms with Gasteiger partial charge >= 0.3 is 0 Å². The average Bonchev–Trinajstić information content (AvgIpc) is 3.58. The molecule has 0 unspecified atom stereocenters. The molecule has 0 amide bonds. The first kappa shape index (κ1) is 22.6. The number of thiophene rings is 1. The van der Waals surface area contributed by atoms with Crippen LogP contribution in [-0.2, 0) is 0 Å². The summed E-state index contributed by atoms with van der Waals surface area (Å²) in [5.74, 6) is 2.03. The second-order valence-electron chi connectivity index (χ2n) is 10.4. The Morgan fingerprint density at radius 2 is 0.951 bits per heavy atom. The smallest absolute Gasteiger partial charge is 0.164 e. The lowest BCUT2D eigenvalue weighted by molar-refractivity contribution is 1.07. The molecule has 9 rings (SSSR count). The molecule has 2 aromatic heterocycles. The molecule has 8 aromatic rings. The van der Waals surface area contributed by atoms with Gasteiger partial charge in [-0.05, 0) is 45.2 Å². The number of benzene rings is 6. The Hall–Kier alpha value is -5.19. The van der Waals surface area contributed by atoms with Crippen molar-refractivity contribution in [3.63, 3.8) is 0 Å². The van der Waals surface area contributed by atoms with Gasteiger partial charge in [0, 0.05) is 36.9 Å². The summed E-state index contributed by atoms with van der Waals surface area (Å²) in [5.41, 5.74) is 8.26. The van der Waals surface area contributed by atoms with E-state index in [2.05, 4.69) is 66.7 Å². The lowest BCUT2D eigenvalue weighted by atomic mass is 9.98. The molecule has 0 bridgehead atoms. The molecule has 0 atom stereocenters. The van der Waals surface area contributed by atoms with Gasteiger partial charge in [-0.25, -0.2) is 15.0 Å². The van der Waals surface area contributed by atoms with E-state index in [4.69, 9.17) is 15.0 Å². The highest BCUT2D eigenvalue weighted by Crippen LogP contribution is 2.51. The van der Waals surface area contributed by atoms with Gasteiger partial charge in [0.2, 0.25) is 0 Å². The van der Waals surface area contributed by atoms with Crippen LogP contribution in [-0.4, -0.2) is 15.0 Å². The first-order chi connectivity index (χ1) is 20.3. The number of aromatic nitrogens is 3. The summed E-state index contributed by atoms with van der Waals surface area (Å²) in [4.78, 5) is 14.8. The molecule has 0 fully saturated rings. The van der Waals surface area contributed by atoms with Gasteiger partial charge in [0.15, 0.2) is 17.5 Å². The van der Waals surface area contributed by atoms with E-state index in [1.807, 2.05) is 72.0 Å². The summed E-state index contributed by atoms with van der Waals surface area (Å²) in [6.07, 6.45) is 0. The van der Waals surface area contributed by atoms with Crippen molar-refractivity contribution < 1.29 is 0 Å². The van der Waals surface area contributed by atoms with Crippen LogP contribution < -0.4 is 0 Å². The third-order valence-corrected chi connectivity index (χ3v) is 9.16. The lowest BCUT2D eigenvalue weighted by Crippen LogP contribution is -1.99. The highest BCUT2D eigenvalue weighted by Gasteiger charge is 2.24. The van der Waals surface area contributed by atoms with E-state index >= 15 is 0 Å². The molecular formula is C37H21N3S. The Kier molecular flexibility index (Phi) is 4.77. The molecule has 0 saturated carbocycles. The number of fused-ring (bicyclic) bond motifs is 7. The van der Waals surface area contributed by atoms with Gasteiger partial charge in [0.25, 0.3) is 0 Å². The molecule has 0 saturated heterocycles. The Morgan fingerprint density at radius 3 is 1.63 bits per heavy atom. The van der Waals surface area contributed by atoms with Gasteiger partial charge in [0.05, 0.1) is 0 Å². The molecule has 0 radical (unpaired) electrons. The van der Waals surface area contributed by atoms with E-state index in [0.29, 0.717) is 17.5 Å². The Balaban J connectivity index is 1.26. The summed E-state index contributed by atoms with van der Waals surface area (Å²) in [6.45, 7) is 0. The van der Waals surface area contributed by atoms with Crippen LogP contribution in [0.25, 0.3) is 87.4 Å². The van der Waals surface area contributed by atoms with Crippen molar-refractivity contribution in [2.24, 2.45) is 0 Å². The van der Waals surface area contributed by atoms with Gasteiger partial charge in [-0.1, -0.05) is 115 Å². The molecular weight excluding hydrogens is 518 g/mol. The minimum atomic E-state index is 0.676. The van der Waals surface area contributed by atoms with Crippen molar-refractivity contribution >= 4 is 42.3 Å². The zero-order chi connectivity index (χ0) is 26.9. The van der Waals surface area contributed by atoms with E-state index in [1.54, 1.807) is 0 Å². The van der Waals surface area contributed by atoms with Crippen LogP contribution in [0, 0.1) is 0 Å². The third kappa shape index (κ3) is 3.41. The molecule has 1 aliphatic carbocycles. The summed E-state index contributed by atoms with van der Waals surface area (Å²) in [7, 11) is 0. The van der Waals surface area contributed by atoms with E-state index < -0.39 is 0 Å². The number of nitrogens with zero attached hydrogens (tertiary/aromatic N) is 3. The monoisotopic (exact) mass is 539 g/mol. The van der Waals surface area contributed by atoms with Crippen LogP contribution in [0.1, 0.15) is 0 Å². The molecule has 1 aliphatic rings. The van der Waals surface area contributed by atoms with Crippen molar-refractivity contribution in [2.45, 2.75) is 0 Å². The summed E-state index contributed by atoms with van der Waals surface area (Å²) in [6, 6.07) is 44.8. The van der Waals surface area contributed by atoms with Gasteiger partial charge in [-0.3, -0.25) is 0 Å². The quantitative estimate of drug-likeness (QED) is 0.224. The SMILES string of the molecule is c1ccc(-c2nc(-c3ccccc3)nc(-c3ccc4c(c3)sc3cc5c6c(cccc6c34)-c3ccccc3-5)n2)cc1. The van der Waals surface area contributed by atoms with Crippen molar-refractivity contribution in [1.82, 2.24) is 15.0 Å². The molecule has 190 valence electrons. The zero-order valence-electron chi connectivity index (χ0n) is 21.9. The molecule has 0 N–H and O–H groups in total. The standard InChI is InChI=1S/C37H21N3S/c1-3-10-22(11-4-1)35-38-36(23-12-5-2-6-13-23)40-37(39-35)24-18-19-28-31(20-24)41-32-21-30-26-15-8-7-14-25(26)27-16-9-17-29(33(27)30)34(28)32/h1-21H. The second kappa shape index (κ2) is 8.65. The third-order valence-electron chi connectivity index (χ3n) is 8.06. The van der Waals surface area contributed by atoms with Crippen LogP contribution in [0.15, 0.2) is 127 Å². The highest BCUT2D eigenvalue weighted by atomic mass is 32.1. The van der Waals surface area contributed by atoms with Crippen LogP contribution in [0.5, 0.6) is 0 Å². The normalized spacial score (nSPS) is 11.9. The number of hydrogen-bond donors (Lipinski definition) is 0. The van der Waals surface area contributed by atoms with Crippen molar-refractivity contribution in [3.05, 3.63) is 127 Å². The van der Waals surface area contributed by atoms with Crippen molar-refractivity contribution in [2.75, 3.05) is 0 Å². The molecule has 3 nitrogen and oxygen atoms in total. The molecule has 0 spiro atoms. The van der Waals surface area contributed by atoms with E-state index in [-0.39, 0.29) is 0 Å². The molecule has 0 aliphatic heterocycles. The average molecular weight is 540 g/mol. The molecule has 41 heavy (non-hydrogen) atoms. The summed E-state index contributed by atoms with van der Waals surface area (Å²) < 4.78 is 2.54. The predicted molar refractivity (Wildman–Crippen MR) is 171 cm³/mol. The van der Waals surface area contributed by atoms with Gasteiger partial charge < -0.3 is 0 Å². The fourth-order valence-electron chi connectivity index (χ4n) is 6.22. The largest absolute Gasteiger partial charge is 0.208 e. The Labute approximate surface area is 240 Å². The van der Waals surface area contributed by atoms with Gasteiger partial charge in [0.1, 0.15) is 0 Å². The molecule has 4 heteroatoms. The maximum Gasteiger partial charge on any atom is 0.164 e. The van der Waals surface area contributed by atoms with Crippen molar-refractivity contribution in [3.8, 4) is 56.4 Å². The van der Waals surface area contributed by atoms with Gasteiger partial charge in [-0.15, -0.1) is 11.3 Å². The van der Waals surface area contributed by atoms with Crippen LogP contribution in [0.2, 0.25) is 0 Å². The van der Waals surface area contributed by atoms with E-state index in [9.17, 15) is 0 Å². The lowest BCUT2D eigenvalue weighted by Gasteiger charge is -2.08. The van der Waals surface area contributed by atoms with Gasteiger partial charge in [-0.2, -0.15) is 0 Å². The molecule has 6 aromatic carbocycles. The minimum absolute atomic E-state index is 0.676. The first-order valence-corrected chi connectivity index (χ1v) is 14.5. The Bertz CT molecular complexity index is 2250. The number of hydrogen-bond acceptors (Lipinski definition) is 4.